The first-order chi connectivity index (χ1) is 13.6. The first-order valence-electron chi connectivity index (χ1n) is 10.3. The first-order valence-corrected chi connectivity index (χ1v) is 10.3. The van der Waals surface area contributed by atoms with Gasteiger partial charge in [-0.25, -0.2) is 4.79 Å². The van der Waals surface area contributed by atoms with E-state index in [2.05, 4.69) is 5.32 Å². The zero-order valence-corrected chi connectivity index (χ0v) is 16.4. The molecule has 0 unspecified atom stereocenters. The lowest BCUT2D eigenvalue weighted by atomic mass is 9.48. The highest BCUT2D eigenvalue weighted by Crippen LogP contribution is 2.61. The van der Waals surface area contributed by atoms with Gasteiger partial charge in [0.1, 0.15) is 0 Å². The number of hydrogen-bond acceptors (Lipinski definition) is 3. The molecule has 7 heteroatoms. The number of carbonyl (C=O) groups excluding carboxylic acids is 2. The van der Waals surface area contributed by atoms with Crippen molar-refractivity contribution in [2.45, 2.75) is 57.7 Å². The lowest BCUT2D eigenvalue weighted by molar-refractivity contribution is -0.137. The summed E-state index contributed by atoms with van der Waals surface area (Å²) in [4.78, 5) is 24.4. The average molecular weight is 409 g/mol. The summed E-state index contributed by atoms with van der Waals surface area (Å²) >= 11 is 0. The molecule has 0 saturated heterocycles. The van der Waals surface area contributed by atoms with Crippen LogP contribution in [0.3, 0.4) is 0 Å². The summed E-state index contributed by atoms with van der Waals surface area (Å²) in [6, 6.07) is 3.79. The van der Waals surface area contributed by atoms with E-state index in [1.54, 1.807) is 0 Å². The zero-order valence-electron chi connectivity index (χ0n) is 16.4. The van der Waals surface area contributed by atoms with Crippen LogP contribution in [-0.2, 0) is 15.7 Å². The fourth-order valence-corrected chi connectivity index (χ4v) is 6.15. The maximum atomic E-state index is 12.6. The smallest absolute Gasteiger partial charge is 0.416 e. The van der Waals surface area contributed by atoms with E-state index in [1.165, 1.54) is 19.3 Å². The molecule has 4 nitrogen and oxygen atoms in total. The third kappa shape index (κ3) is 4.14. The van der Waals surface area contributed by atoms with E-state index in [-0.39, 0.29) is 22.9 Å². The van der Waals surface area contributed by atoms with E-state index in [9.17, 15) is 22.8 Å². The number of hydrogen-bond donors (Lipinski definition) is 1. The van der Waals surface area contributed by atoms with Crippen LogP contribution in [0.5, 0.6) is 0 Å². The third-order valence-corrected chi connectivity index (χ3v) is 7.16. The van der Waals surface area contributed by atoms with Gasteiger partial charge in [0, 0.05) is 6.04 Å². The summed E-state index contributed by atoms with van der Waals surface area (Å²) in [5.74, 6) is 1.15. The number of halogens is 3. The number of carbonyl (C=O) groups is 2. The molecule has 1 aromatic rings. The number of amides is 1. The molecule has 0 heterocycles. The number of ether oxygens (including phenoxy) is 1. The Hall–Kier alpha value is -2.05. The summed E-state index contributed by atoms with van der Waals surface area (Å²) < 4.78 is 42.8. The third-order valence-electron chi connectivity index (χ3n) is 7.16. The predicted octanol–water partition coefficient (Wildman–Crippen LogP) is 4.58. The Labute approximate surface area is 168 Å². The Kier molecular flexibility index (Phi) is 5.11. The number of esters is 1. The molecule has 4 aliphatic carbocycles. The normalized spacial score (nSPS) is 31.4. The molecule has 0 spiro atoms. The van der Waals surface area contributed by atoms with Crippen molar-refractivity contribution < 1.29 is 27.5 Å². The van der Waals surface area contributed by atoms with Gasteiger partial charge in [-0.05, 0) is 92.9 Å². The lowest BCUT2D eigenvalue weighted by Crippen LogP contribution is -2.56. The first kappa shape index (κ1) is 20.2. The maximum Gasteiger partial charge on any atom is 0.416 e. The molecule has 4 saturated carbocycles. The molecule has 1 N–H and O–H groups in total. The highest BCUT2D eigenvalue weighted by molar-refractivity contribution is 5.91. The molecule has 4 bridgehead atoms. The topological polar surface area (TPSA) is 55.4 Å². The molecule has 0 aliphatic heterocycles. The maximum absolute atomic E-state index is 12.6. The Morgan fingerprint density at radius 1 is 1.07 bits per heavy atom. The largest absolute Gasteiger partial charge is 0.452 e. The summed E-state index contributed by atoms with van der Waals surface area (Å²) in [5, 5.41) is 3.01. The van der Waals surface area contributed by atoms with Gasteiger partial charge >= 0.3 is 12.1 Å². The van der Waals surface area contributed by atoms with Gasteiger partial charge in [0.15, 0.2) is 6.61 Å². The van der Waals surface area contributed by atoms with Crippen molar-refractivity contribution in [3.8, 4) is 0 Å². The van der Waals surface area contributed by atoms with Crippen molar-refractivity contribution >= 4 is 11.9 Å². The van der Waals surface area contributed by atoms with Gasteiger partial charge in [0.25, 0.3) is 5.91 Å². The van der Waals surface area contributed by atoms with Crippen LogP contribution in [0.4, 0.5) is 13.2 Å². The van der Waals surface area contributed by atoms with E-state index >= 15 is 0 Å². The Morgan fingerprint density at radius 2 is 1.59 bits per heavy atom. The van der Waals surface area contributed by atoms with Gasteiger partial charge in [0.05, 0.1) is 11.1 Å². The number of nitrogens with one attached hydrogen (secondary N) is 1. The minimum Gasteiger partial charge on any atom is -0.452 e. The molecular weight excluding hydrogens is 383 g/mol. The fourth-order valence-electron chi connectivity index (χ4n) is 6.15. The lowest BCUT2D eigenvalue weighted by Gasteiger charge is -2.59. The minimum atomic E-state index is -4.46. The molecule has 1 atom stereocenters. The molecule has 1 aromatic carbocycles. The van der Waals surface area contributed by atoms with Gasteiger partial charge in [-0.1, -0.05) is 0 Å². The second-order valence-electron chi connectivity index (χ2n) is 9.22. The van der Waals surface area contributed by atoms with Gasteiger partial charge in [-0.15, -0.1) is 0 Å². The standard InChI is InChI=1S/C22H26F3NO3/c1-13(21-9-14-6-15(10-21)8-16(7-14)11-21)26-19(27)12-29-20(28)17-2-4-18(5-3-17)22(23,24)25/h2-5,13-16H,6-12H2,1H3,(H,26,27)/t13-,14?,15?,16?,21?/m0/s1. The van der Waals surface area contributed by atoms with E-state index in [4.69, 9.17) is 4.74 Å². The molecule has 4 fully saturated rings. The molecule has 0 radical (unpaired) electrons. The van der Waals surface area contributed by atoms with E-state index in [0.717, 1.165) is 61.3 Å². The number of rotatable bonds is 5. The van der Waals surface area contributed by atoms with E-state index in [1.807, 2.05) is 6.92 Å². The van der Waals surface area contributed by atoms with Crippen molar-refractivity contribution in [2.75, 3.05) is 6.61 Å². The predicted molar refractivity (Wildman–Crippen MR) is 99.9 cm³/mol. The van der Waals surface area contributed by atoms with Crippen LogP contribution in [0.2, 0.25) is 0 Å². The highest BCUT2D eigenvalue weighted by atomic mass is 19.4. The minimum absolute atomic E-state index is 0.0140. The summed E-state index contributed by atoms with van der Waals surface area (Å²) in [6.07, 6.45) is 2.99. The van der Waals surface area contributed by atoms with Gasteiger partial charge in [-0.2, -0.15) is 13.2 Å². The van der Waals surface area contributed by atoms with Crippen molar-refractivity contribution in [3.63, 3.8) is 0 Å². The van der Waals surface area contributed by atoms with E-state index < -0.39 is 24.3 Å². The Morgan fingerprint density at radius 3 is 2.07 bits per heavy atom. The molecule has 5 rings (SSSR count). The van der Waals surface area contributed by atoms with Crippen molar-refractivity contribution in [2.24, 2.45) is 23.2 Å². The van der Waals surface area contributed by atoms with Crippen LogP contribution in [0.15, 0.2) is 24.3 Å². The number of alkyl halides is 3. The van der Waals surface area contributed by atoms with Crippen LogP contribution < -0.4 is 5.32 Å². The van der Waals surface area contributed by atoms with E-state index in [0.29, 0.717) is 0 Å². The highest BCUT2D eigenvalue weighted by Gasteiger charge is 2.53. The van der Waals surface area contributed by atoms with Crippen molar-refractivity contribution in [3.05, 3.63) is 35.4 Å². The zero-order chi connectivity index (χ0) is 20.8. The van der Waals surface area contributed by atoms with Crippen LogP contribution in [0.1, 0.15) is 61.4 Å². The fraction of sp³-hybridized carbons (Fsp3) is 0.636. The van der Waals surface area contributed by atoms with Crippen molar-refractivity contribution in [1.82, 2.24) is 5.32 Å². The molecular formula is C22H26F3NO3. The molecule has 29 heavy (non-hydrogen) atoms. The second kappa shape index (κ2) is 7.33. The summed E-state index contributed by atoms with van der Waals surface area (Å²) in [6.45, 7) is 1.61. The van der Waals surface area contributed by atoms with Crippen LogP contribution in [-0.4, -0.2) is 24.5 Å². The quantitative estimate of drug-likeness (QED) is 0.724. The Bertz CT molecular complexity index is 752. The monoisotopic (exact) mass is 409 g/mol. The van der Waals surface area contributed by atoms with Gasteiger partial charge in [0.2, 0.25) is 0 Å². The molecule has 4 aliphatic rings. The second-order valence-corrected chi connectivity index (χ2v) is 9.22. The average Bonchev–Trinajstić information content (AvgIpc) is 2.64. The summed E-state index contributed by atoms with van der Waals surface area (Å²) in [5.41, 5.74) is -0.696. The summed E-state index contributed by atoms with van der Waals surface area (Å²) in [7, 11) is 0. The van der Waals surface area contributed by atoms with Crippen LogP contribution >= 0.6 is 0 Å². The number of benzene rings is 1. The van der Waals surface area contributed by atoms with Crippen LogP contribution in [0.25, 0.3) is 0 Å². The van der Waals surface area contributed by atoms with Crippen LogP contribution in [0, 0.1) is 23.2 Å². The molecule has 0 aromatic heterocycles. The molecule has 1 amide bonds. The Balaban J connectivity index is 1.29. The molecule has 158 valence electrons. The van der Waals surface area contributed by atoms with Gasteiger partial charge < -0.3 is 10.1 Å². The SMILES string of the molecule is C[C@H](NC(=O)COC(=O)c1ccc(C(F)(F)F)cc1)C12CC3CC(CC(C3)C1)C2. The van der Waals surface area contributed by atoms with Crippen molar-refractivity contribution in [1.29, 1.82) is 0 Å². The van der Waals surface area contributed by atoms with Gasteiger partial charge in [-0.3, -0.25) is 4.79 Å².